The van der Waals surface area contributed by atoms with Crippen LogP contribution in [0.15, 0.2) is 17.3 Å². The minimum Gasteiger partial charge on any atom is -0.382 e. The molecule has 0 fully saturated rings. The summed E-state index contributed by atoms with van der Waals surface area (Å²) in [7, 11) is -2.02. The van der Waals surface area contributed by atoms with E-state index in [0.717, 1.165) is 0 Å². The smallest absolute Gasteiger partial charge is 0.243 e. The van der Waals surface area contributed by atoms with E-state index < -0.39 is 10.0 Å². The second-order valence-corrected chi connectivity index (χ2v) is 5.51. The molecule has 10 heteroatoms. The highest BCUT2D eigenvalue weighted by molar-refractivity contribution is 7.89. The molecule has 0 saturated carbocycles. The van der Waals surface area contributed by atoms with Gasteiger partial charge >= 0.3 is 0 Å². The van der Waals surface area contributed by atoms with Crippen molar-refractivity contribution in [2.24, 2.45) is 5.84 Å². The number of anilines is 1. The van der Waals surface area contributed by atoms with E-state index in [1.54, 1.807) is 7.11 Å². The van der Waals surface area contributed by atoms with Crippen molar-refractivity contribution in [1.29, 1.82) is 0 Å². The predicted molar refractivity (Wildman–Crippen MR) is 72.3 cm³/mol. The maximum Gasteiger partial charge on any atom is 0.243 e. The van der Waals surface area contributed by atoms with E-state index in [9.17, 15) is 8.42 Å². The third-order valence-electron chi connectivity index (χ3n) is 2.26. The Kier molecular flexibility index (Phi) is 7.33. The number of hydrogen-bond acceptors (Lipinski definition) is 8. The number of nitrogens with two attached hydrogens (primary N) is 1. The molecule has 1 rings (SSSR count). The van der Waals surface area contributed by atoms with E-state index >= 15 is 0 Å². The molecule has 1 aromatic heterocycles. The van der Waals surface area contributed by atoms with E-state index in [0.29, 0.717) is 26.2 Å². The molecule has 0 bridgehead atoms. The number of rotatable bonds is 10. The third kappa shape index (κ3) is 5.75. The first-order valence-corrected chi connectivity index (χ1v) is 7.43. The van der Waals surface area contributed by atoms with E-state index in [1.165, 1.54) is 12.4 Å². The molecule has 4 N–H and O–H groups in total. The van der Waals surface area contributed by atoms with Gasteiger partial charge in [0.1, 0.15) is 4.90 Å². The molecular formula is C10H19N5O4S. The summed E-state index contributed by atoms with van der Waals surface area (Å²) in [6.45, 7) is 1.74. The van der Waals surface area contributed by atoms with Crippen LogP contribution in [0.3, 0.4) is 0 Å². The summed E-state index contributed by atoms with van der Waals surface area (Å²) in [4.78, 5) is 7.46. The summed E-state index contributed by atoms with van der Waals surface area (Å²) in [6.07, 6.45) is 2.92. The van der Waals surface area contributed by atoms with Crippen LogP contribution in [0.1, 0.15) is 6.42 Å². The zero-order chi connectivity index (χ0) is 14.8. The van der Waals surface area contributed by atoms with Gasteiger partial charge in [0, 0.05) is 20.3 Å². The Bertz CT molecular complexity index is 479. The molecule has 0 radical (unpaired) electrons. The average Bonchev–Trinajstić information content (AvgIpc) is 2.46. The first-order valence-electron chi connectivity index (χ1n) is 5.95. The number of nitrogens with zero attached hydrogens (tertiary/aromatic N) is 2. The molecule has 0 unspecified atom stereocenters. The van der Waals surface area contributed by atoms with Gasteiger partial charge in [-0.25, -0.2) is 29.0 Å². The summed E-state index contributed by atoms with van der Waals surface area (Å²) in [5.74, 6) is 5.24. The number of sulfonamides is 1. The fourth-order valence-electron chi connectivity index (χ4n) is 1.24. The Hall–Kier alpha value is -1.33. The van der Waals surface area contributed by atoms with Crippen molar-refractivity contribution in [2.45, 2.75) is 11.3 Å². The van der Waals surface area contributed by atoms with Crippen molar-refractivity contribution in [3.63, 3.8) is 0 Å². The largest absolute Gasteiger partial charge is 0.382 e. The van der Waals surface area contributed by atoms with E-state index in [2.05, 4.69) is 20.1 Å². The Labute approximate surface area is 117 Å². The maximum atomic E-state index is 11.9. The molecule has 0 aromatic carbocycles. The molecule has 0 amide bonds. The predicted octanol–water partition coefficient (Wildman–Crippen LogP) is -0.906. The number of hydrogen-bond donors (Lipinski definition) is 3. The molecule has 0 spiro atoms. The monoisotopic (exact) mass is 305 g/mol. The van der Waals surface area contributed by atoms with Gasteiger partial charge in [-0.05, 0) is 6.42 Å². The van der Waals surface area contributed by atoms with Crippen LogP contribution in [0, 0.1) is 0 Å². The van der Waals surface area contributed by atoms with E-state index in [-0.39, 0.29) is 17.4 Å². The third-order valence-corrected chi connectivity index (χ3v) is 3.67. The second-order valence-electron chi connectivity index (χ2n) is 3.74. The van der Waals surface area contributed by atoms with Crippen molar-refractivity contribution >= 4 is 16.0 Å². The molecule has 1 heterocycles. The van der Waals surface area contributed by atoms with Gasteiger partial charge < -0.3 is 9.47 Å². The van der Waals surface area contributed by atoms with Gasteiger partial charge in [0.15, 0.2) is 0 Å². The minimum atomic E-state index is -3.61. The minimum absolute atomic E-state index is 0.0169. The highest BCUT2D eigenvalue weighted by Crippen LogP contribution is 2.06. The lowest BCUT2D eigenvalue weighted by molar-refractivity contribution is 0.0699. The highest BCUT2D eigenvalue weighted by Gasteiger charge is 2.14. The van der Waals surface area contributed by atoms with Gasteiger partial charge in [-0.3, -0.25) is 5.43 Å². The first-order chi connectivity index (χ1) is 9.60. The van der Waals surface area contributed by atoms with Crippen LogP contribution in [-0.2, 0) is 19.5 Å². The number of hydrazine groups is 1. The van der Waals surface area contributed by atoms with Crippen molar-refractivity contribution in [3.8, 4) is 0 Å². The van der Waals surface area contributed by atoms with Crippen LogP contribution >= 0.6 is 0 Å². The van der Waals surface area contributed by atoms with Crippen molar-refractivity contribution < 1.29 is 17.9 Å². The van der Waals surface area contributed by atoms with Gasteiger partial charge in [-0.1, -0.05) is 0 Å². The fourth-order valence-corrected chi connectivity index (χ4v) is 2.20. The maximum absolute atomic E-state index is 11.9. The van der Waals surface area contributed by atoms with E-state index in [4.69, 9.17) is 15.3 Å². The quantitative estimate of drug-likeness (QED) is 0.288. The summed E-state index contributed by atoms with van der Waals surface area (Å²) in [6, 6.07) is 0. The summed E-state index contributed by atoms with van der Waals surface area (Å²) in [5, 5.41) is 0. The molecule has 20 heavy (non-hydrogen) atoms. The van der Waals surface area contributed by atoms with Crippen LogP contribution in [-0.4, -0.2) is 51.9 Å². The van der Waals surface area contributed by atoms with E-state index in [1.807, 2.05) is 0 Å². The second kappa shape index (κ2) is 8.76. The lowest BCUT2D eigenvalue weighted by Crippen LogP contribution is -2.26. The van der Waals surface area contributed by atoms with Gasteiger partial charge in [0.25, 0.3) is 0 Å². The number of nitrogen functional groups attached to an aromatic ring is 1. The zero-order valence-electron chi connectivity index (χ0n) is 11.2. The van der Waals surface area contributed by atoms with Gasteiger partial charge in [0.2, 0.25) is 16.0 Å². The van der Waals surface area contributed by atoms with Crippen LogP contribution in [0.2, 0.25) is 0 Å². The Morgan fingerprint density at radius 2 is 1.95 bits per heavy atom. The summed E-state index contributed by atoms with van der Waals surface area (Å²) in [5.41, 5.74) is 2.22. The number of methoxy groups -OCH3 is 1. The summed E-state index contributed by atoms with van der Waals surface area (Å²) >= 11 is 0. The molecule has 0 atom stereocenters. The molecular weight excluding hydrogens is 286 g/mol. The number of nitrogens with one attached hydrogen (secondary N) is 2. The molecule has 0 aliphatic heterocycles. The number of aromatic nitrogens is 2. The van der Waals surface area contributed by atoms with Crippen LogP contribution in [0.5, 0.6) is 0 Å². The lowest BCUT2D eigenvalue weighted by Gasteiger charge is -2.07. The Balaban J connectivity index is 2.33. The van der Waals surface area contributed by atoms with Gasteiger partial charge in [-0.2, -0.15) is 0 Å². The van der Waals surface area contributed by atoms with Crippen molar-refractivity contribution in [2.75, 3.05) is 38.9 Å². The van der Waals surface area contributed by atoms with Crippen LogP contribution in [0.25, 0.3) is 0 Å². The van der Waals surface area contributed by atoms with Gasteiger partial charge in [-0.15, -0.1) is 0 Å². The highest BCUT2D eigenvalue weighted by atomic mass is 32.2. The molecule has 0 aliphatic rings. The molecule has 1 aromatic rings. The normalized spacial score (nSPS) is 11.5. The Morgan fingerprint density at radius 3 is 2.55 bits per heavy atom. The molecule has 114 valence electrons. The first kappa shape index (κ1) is 16.7. The standard InChI is InChI=1S/C10H19N5O4S/c1-18-5-6-19-4-2-3-14-20(16,17)9-7-12-10(15-11)13-8-9/h7-8,14H,2-6,11H2,1H3,(H,12,13,15). The molecule has 0 saturated heterocycles. The molecule has 9 nitrogen and oxygen atoms in total. The number of ether oxygens (including phenoxy) is 2. The van der Waals surface area contributed by atoms with Crippen molar-refractivity contribution in [3.05, 3.63) is 12.4 Å². The lowest BCUT2D eigenvalue weighted by atomic mass is 10.5. The zero-order valence-corrected chi connectivity index (χ0v) is 12.0. The molecule has 0 aliphatic carbocycles. The fraction of sp³-hybridized carbons (Fsp3) is 0.600. The Morgan fingerprint density at radius 1 is 1.25 bits per heavy atom. The topological polar surface area (TPSA) is 128 Å². The van der Waals surface area contributed by atoms with Gasteiger partial charge in [0.05, 0.1) is 25.6 Å². The van der Waals surface area contributed by atoms with Crippen LogP contribution in [0.4, 0.5) is 5.95 Å². The van der Waals surface area contributed by atoms with Crippen LogP contribution < -0.4 is 16.0 Å². The average molecular weight is 305 g/mol. The summed E-state index contributed by atoms with van der Waals surface area (Å²) < 4.78 is 36.2. The van der Waals surface area contributed by atoms with Crippen molar-refractivity contribution in [1.82, 2.24) is 14.7 Å². The SMILES string of the molecule is COCCOCCCNS(=O)(=O)c1cnc(NN)nc1.